The van der Waals surface area contributed by atoms with Crippen molar-refractivity contribution in [1.82, 2.24) is 10.2 Å². The molecule has 1 aliphatic carbocycles. The molecule has 2 aliphatic rings. The molecule has 1 saturated heterocycles. The molecule has 2 fully saturated rings. The Morgan fingerprint density at radius 2 is 1.79 bits per heavy atom. The van der Waals surface area contributed by atoms with Gasteiger partial charge in [-0.15, -0.1) is 0 Å². The van der Waals surface area contributed by atoms with Crippen molar-refractivity contribution in [3.8, 4) is 0 Å². The molecule has 1 saturated carbocycles. The number of amides is 1. The number of benzene rings is 3. The van der Waals surface area contributed by atoms with E-state index in [9.17, 15) is 9.18 Å². The number of hydrogen-bond donors (Lipinski definition) is 1. The number of hydrogen-bond acceptors (Lipinski definition) is 2. The van der Waals surface area contributed by atoms with Crippen LogP contribution in [0, 0.1) is 17.7 Å². The van der Waals surface area contributed by atoms with Crippen LogP contribution in [0.1, 0.15) is 28.3 Å². The highest BCUT2D eigenvalue weighted by atomic mass is 19.1. The third-order valence-electron chi connectivity index (χ3n) is 6.69. The molecule has 0 spiro atoms. The Morgan fingerprint density at radius 3 is 2.66 bits per heavy atom. The maximum absolute atomic E-state index is 13.2. The van der Waals surface area contributed by atoms with Crippen molar-refractivity contribution in [2.75, 3.05) is 26.2 Å². The normalized spacial score (nSPS) is 23.6. The summed E-state index contributed by atoms with van der Waals surface area (Å²) in [5.74, 6) is 1.77. The first-order valence-electron chi connectivity index (χ1n) is 10.4. The lowest BCUT2D eigenvalue weighted by Crippen LogP contribution is -2.34. The molecule has 3 aromatic carbocycles. The van der Waals surface area contributed by atoms with Crippen LogP contribution in [0.15, 0.2) is 66.7 Å². The van der Waals surface area contributed by atoms with E-state index in [1.807, 2.05) is 54.6 Å². The summed E-state index contributed by atoms with van der Waals surface area (Å²) in [4.78, 5) is 15.1. The summed E-state index contributed by atoms with van der Waals surface area (Å²) in [6, 6.07) is 20.8. The Labute approximate surface area is 170 Å². The van der Waals surface area contributed by atoms with Gasteiger partial charge in [0.1, 0.15) is 5.82 Å². The fraction of sp³-hybridized carbons (Fsp3) is 0.320. The minimum Gasteiger partial charge on any atom is -0.351 e. The van der Waals surface area contributed by atoms with Crippen LogP contribution < -0.4 is 5.32 Å². The Bertz CT molecular complexity index is 1030. The van der Waals surface area contributed by atoms with E-state index in [-0.39, 0.29) is 11.7 Å². The summed E-state index contributed by atoms with van der Waals surface area (Å²) < 4.78 is 13.2. The smallest absolute Gasteiger partial charge is 0.251 e. The Morgan fingerprint density at radius 1 is 1.00 bits per heavy atom. The number of halogens is 1. The topological polar surface area (TPSA) is 32.3 Å². The minimum absolute atomic E-state index is 0.00634. The summed E-state index contributed by atoms with van der Waals surface area (Å²) in [5.41, 5.74) is 2.00. The summed E-state index contributed by atoms with van der Waals surface area (Å²) in [6.45, 7) is 3.70. The Kier molecular flexibility index (Phi) is 4.80. The van der Waals surface area contributed by atoms with Crippen molar-refractivity contribution >= 4 is 16.7 Å². The van der Waals surface area contributed by atoms with Gasteiger partial charge in [0.2, 0.25) is 0 Å². The summed E-state index contributed by atoms with van der Waals surface area (Å²) in [5, 5.41) is 5.18. The third kappa shape index (κ3) is 3.53. The quantitative estimate of drug-likeness (QED) is 0.701. The average Bonchev–Trinajstić information content (AvgIpc) is 3.05. The fourth-order valence-electron chi connectivity index (χ4n) is 5.12. The van der Waals surface area contributed by atoms with Gasteiger partial charge in [-0.05, 0) is 58.7 Å². The first kappa shape index (κ1) is 18.3. The van der Waals surface area contributed by atoms with Crippen LogP contribution in [-0.4, -0.2) is 37.0 Å². The molecule has 3 nitrogen and oxygen atoms in total. The molecule has 29 heavy (non-hydrogen) atoms. The minimum atomic E-state index is -0.167. The largest absolute Gasteiger partial charge is 0.351 e. The number of fused-ring (bicyclic) bond motifs is 2. The molecule has 0 radical (unpaired) electrons. The van der Waals surface area contributed by atoms with Crippen molar-refractivity contribution in [1.29, 1.82) is 0 Å². The molecular formula is C25H25FN2O. The third-order valence-corrected chi connectivity index (χ3v) is 6.69. The lowest BCUT2D eigenvalue weighted by atomic mass is 9.64. The zero-order chi connectivity index (χ0) is 19.8. The van der Waals surface area contributed by atoms with Gasteiger partial charge >= 0.3 is 0 Å². The molecule has 5 rings (SSSR count). The van der Waals surface area contributed by atoms with Gasteiger partial charge in [-0.3, -0.25) is 4.79 Å². The van der Waals surface area contributed by atoms with Gasteiger partial charge in [0.05, 0.1) is 0 Å². The van der Waals surface area contributed by atoms with E-state index in [0.29, 0.717) is 18.4 Å². The van der Waals surface area contributed by atoms with Gasteiger partial charge in [0.15, 0.2) is 0 Å². The van der Waals surface area contributed by atoms with Crippen LogP contribution in [0.3, 0.4) is 0 Å². The standard InChI is InChI=1S/C25H25FN2O/c26-20-10-8-18(9-11-20)23-14-19-15-28(16-24(19)23)13-12-27-25(29)22-7-3-5-17-4-1-2-6-21(17)22/h1-11,19,23-24H,12-16H2,(H,27,29). The average molecular weight is 388 g/mol. The van der Waals surface area contributed by atoms with E-state index in [4.69, 9.17) is 0 Å². The zero-order valence-electron chi connectivity index (χ0n) is 16.4. The number of carbonyl (C=O) groups excluding carboxylic acids is 1. The van der Waals surface area contributed by atoms with Crippen LogP contribution in [0.4, 0.5) is 4.39 Å². The first-order chi connectivity index (χ1) is 14.2. The van der Waals surface area contributed by atoms with Crippen LogP contribution in [-0.2, 0) is 0 Å². The molecule has 1 N–H and O–H groups in total. The van der Waals surface area contributed by atoms with Crippen molar-refractivity contribution < 1.29 is 9.18 Å². The molecule has 1 heterocycles. The second-order valence-corrected chi connectivity index (χ2v) is 8.36. The molecule has 148 valence electrons. The van der Waals surface area contributed by atoms with E-state index in [1.165, 1.54) is 12.0 Å². The summed E-state index contributed by atoms with van der Waals surface area (Å²) >= 11 is 0. The van der Waals surface area contributed by atoms with Crippen molar-refractivity contribution in [3.05, 3.63) is 83.7 Å². The van der Waals surface area contributed by atoms with Gasteiger partial charge in [-0.25, -0.2) is 4.39 Å². The highest BCUT2D eigenvalue weighted by Gasteiger charge is 2.47. The molecule has 1 aliphatic heterocycles. The molecule has 0 aromatic heterocycles. The Hall–Kier alpha value is -2.72. The van der Waals surface area contributed by atoms with Crippen molar-refractivity contribution in [3.63, 3.8) is 0 Å². The van der Waals surface area contributed by atoms with Crippen molar-refractivity contribution in [2.45, 2.75) is 12.3 Å². The Balaban J connectivity index is 1.15. The van der Waals surface area contributed by atoms with Crippen molar-refractivity contribution in [2.24, 2.45) is 11.8 Å². The monoisotopic (exact) mass is 388 g/mol. The highest BCUT2D eigenvalue weighted by molar-refractivity contribution is 6.06. The summed E-state index contributed by atoms with van der Waals surface area (Å²) in [6.07, 6.45) is 1.19. The fourth-order valence-corrected chi connectivity index (χ4v) is 5.12. The van der Waals surface area contributed by atoms with Crippen LogP contribution >= 0.6 is 0 Å². The van der Waals surface area contributed by atoms with Gasteiger partial charge in [-0.1, -0.05) is 48.5 Å². The predicted octanol–water partition coefficient (Wildman–Crippen LogP) is 4.44. The van der Waals surface area contributed by atoms with E-state index in [1.54, 1.807) is 12.1 Å². The number of nitrogens with zero attached hydrogens (tertiary/aromatic N) is 1. The molecule has 3 atom stereocenters. The van der Waals surface area contributed by atoms with E-state index < -0.39 is 0 Å². The maximum Gasteiger partial charge on any atom is 0.251 e. The highest BCUT2D eigenvalue weighted by Crippen LogP contribution is 2.51. The number of carbonyl (C=O) groups is 1. The van der Waals surface area contributed by atoms with Crippen LogP contribution in [0.5, 0.6) is 0 Å². The number of nitrogens with one attached hydrogen (secondary N) is 1. The molecule has 4 heteroatoms. The lowest BCUT2D eigenvalue weighted by Gasteiger charge is -2.40. The second-order valence-electron chi connectivity index (χ2n) is 8.36. The number of rotatable bonds is 5. The molecule has 3 aromatic rings. The molecule has 3 unspecified atom stereocenters. The zero-order valence-corrected chi connectivity index (χ0v) is 16.4. The summed E-state index contributed by atoms with van der Waals surface area (Å²) in [7, 11) is 0. The van der Waals surface area contributed by atoms with Gasteiger partial charge in [-0.2, -0.15) is 0 Å². The maximum atomic E-state index is 13.2. The first-order valence-corrected chi connectivity index (χ1v) is 10.4. The molecule has 1 amide bonds. The number of likely N-dealkylation sites (tertiary alicyclic amines) is 1. The molecule has 0 bridgehead atoms. The van der Waals surface area contributed by atoms with Crippen LogP contribution in [0.2, 0.25) is 0 Å². The SMILES string of the molecule is O=C(NCCN1CC2CC(c3ccc(F)cc3)C2C1)c1cccc2ccccc12. The molecular weight excluding hydrogens is 363 g/mol. The van der Waals surface area contributed by atoms with Gasteiger partial charge in [0, 0.05) is 31.7 Å². The van der Waals surface area contributed by atoms with Crippen LogP contribution in [0.25, 0.3) is 10.8 Å². The lowest BCUT2D eigenvalue weighted by molar-refractivity contribution is 0.0951. The van der Waals surface area contributed by atoms with E-state index in [0.717, 1.165) is 41.9 Å². The predicted molar refractivity (Wildman–Crippen MR) is 113 cm³/mol. The second kappa shape index (κ2) is 7.60. The van der Waals surface area contributed by atoms with E-state index in [2.05, 4.69) is 10.2 Å². The van der Waals surface area contributed by atoms with E-state index >= 15 is 0 Å². The van der Waals surface area contributed by atoms with Gasteiger partial charge in [0.25, 0.3) is 5.91 Å². The van der Waals surface area contributed by atoms with Gasteiger partial charge < -0.3 is 10.2 Å².